The van der Waals surface area contributed by atoms with Gasteiger partial charge in [-0.2, -0.15) is 5.10 Å². The molecule has 0 bridgehead atoms. The van der Waals surface area contributed by atoms with Gasteiger partial charge < -0.3 is 4.74 Å². The third-order valence-corrected chi connectivity index (χ3v) is 5.37. The highest BCUT2D eigenvalue weighted by Crippen LogP contribution is 2.26. The Labute approximate surface area is 190 Å². The molecule has 31 heavy (non-hydrogen) atoms. The lowest BCUT2D eigenvalue weighted by molar-refractivity contribution is -0.129. The molecule has 0 fully saturated rings. The third-order valence-electron chi connectivity index (χ3n) is 4.63. The van der Waals surface area contributed by atoms with Crippen LogP contribution in [0.1, 0.15) is 22.5 Å². The lowest BCUT2D eigenvalue weighted by atomic mass is 10.1. The molecule has 1 aromatic heterocycles. The van der Waals surface area contributed by atoms with E-state index in [0.29, 0.717) is 21.5 Å². The average Bonchev–Trinajstić information content (AvgIpc) is 3.01. The molecule has 9 heteroatoms. The van der Waals surface area contributed by atoms with Crippen LogP contribution in [0, 0.1) is 20.8 Å². The van der Waals surface area contributed by atoms with Gasteiger partial charge in [0, 0.05) is 11.3 Å². The van der Waals surface area contributed by atoms with E-state index in [-0.39, 0.29) is 18.9 Å². The van der Waals surface area contributed by atoms with Gasteiger partial charge in [-0.3, -0.25) is 20.4 Å². The van der Waals surface area contributed by atoms with Crippen LogP contribution in [-0.4, -0.2) is 28.2 Å². The van der Waals surface area contributed by atoms with Crippen LogP contribution in [0.25, 0.3) is 5.69 Å². The summed E-state index contributed by atoms with van der Waals surface area (Å²) >= 11 is 12.1. The number of ether oxygens (including phenoxy) is 1. The summed E-state index contributed by atoms with van der Waals surface area (Å²) in [6, 6.07) is 12.6. The van der Waals surface area contributed by atoms with Gasteiger partial charge in [0.2, 0.25) is 5.91 Å². The first-order chi connectivity index (χ1) is 14.7. The number of aryl methyl sites for hydroxylation is 2. The molecule has 0 saturated heterocycles. The molecule has 162 valence electrons. The number of rotatable bonds is 6. The summed E-state index contributed by atoms with van der Waals surface area (Å²) in [5.74, 6) is -0.249. The van der Waals surface area contributed by atoms with E-state index in [1.54, 1.807) is 28.9 Å². The number of amides is 2. The second-order valence-corrected chi connectivity index (χ2v) is 7.85. The first kappa shape index (κ1) is 22.7. The van der Waals surface area contributed by atoms with Gasteiger partial charge in [-0.15, -0.1) is 0 Å². The zero-order chi connectivity index (χ0) is 22.5. The molecule has 0 aliphatic rings. The van der Waals surface area contributed by atoms with E-state index >= 15 is 0 Å². The maximum atomic E-state index is 12.3. The maximum absolute atomic E-state index is 12.3. The van der Waals surface area contributed by atoms with E-state index in [1.807, 2.05) is 39.0 Å². The summed E-state index contributed by atoms with van der Waals surface area (Å²) in [6.07, 6.45) is 0.0536. The van der Waals surface area contributed by atoms with Gasteiger partial charge in [0.25, 0.3) is 5.91 Å². The largest absolute Gasteiger partial charge is 0.484 e. The summed E-state index contributed by atoms with van der Waals surface area (Å²) in [6.45, 7) is 5.40. The number of halogens is 2. The summed E-state index contributed by atoms with van der Waals surface area (Å²) < 4.78 is 7.11. The van der Waals surface area contributed by atoms with Gasteiger partial charge in [-0.05, 0) is 56.7 Å². The number of carbonyl (C=O) groups excluding carboxylic acids is 2. The first-order valence-electron chi connectivity index (χ1n) is 9.52. The lowest BCUT2D eigenvalue weighted by Crippen LogP contribution is -2.44. The quantitative estimate of drug-likeness (QED) is 0.546. The molecule has 0 saturated carbocycles. The van der Waals surface area contributed by atoms with E-state index in [4.69, 9.17) is 27.9 Å². The van der Waals surface area contributed by atoms with Gasteiger partial charge >= 0.3 is 0 Å². The Bertz CT molecular complexity index is 1130. The van der Waals surface area contributed by atoms with Gasteiger partial charge in [0.05, 0.1) is 27.8 Å². The molecular weight excluding hydrogens is 439 g/mol. The Morgan fingerprint density at radius 2 is 1.74 bits per heavy atom. The topological polar surface area (TPSA) is 85.2 Å². The van der Waals surface area contributed by atoms with Crippen molar-refractivity contribution in [1.29, 1.82) is 0 Å². The fraction of sp³-hybridized carbons (Fsp3) is 0.227. The zero-order valence-electron chi connectivity index (χ0n) is 17.3. The highest BCUT2D eigenvalue weighted by Gasteiger charge is 2.17. The Morgan fingerprint density at radius 1 is 1.00 bits per heavy atom. The molecular formula is C22H22Cl2N4O3. The Balaban J connectivity index is 1.57. The van der Waals surface area contributed by atoms with Crippen molar-refractivity contribution in [3.63, 3.8) is 0 Å². The molecule has 2 aromatic carbocycles. The minimum Gasteiger partial charge on any atom is -0.484 e. The second-order valence-electron chi connectivity index (χ2n) is 7.04. The van der Waals surface area contributed by atoms with Crippen molar-refractivity contribution < 1.29 is 14.3 Å². The van der Waals surface area contributed by atoms with Crippen molar-refractivity contribution in [2.75, 3.05) is 6.61 Å². The van der Waals surface area contributed by atoms with Crippen molar-refractivity contribution in [1.82, 2.24) is 20.6 Å². The normalized spacial score (nSPS) is 10.6. The number of hydrogen-bond acceptors (Lipinski definition) is 4. The van der Waals surface area contributed by atoms with Crippen LogP contribution in [0.5, 0.6) is 5.75 Å². The number of benzene rings is 2. The van der Waals surface area contributed by atoms with Crippen LogP contribution in [0.3, 0.4) is 0 Å². The van der Waals surface area contributed by atoms with Gasteiger partial charge in [0.15, 0.2) is 6.61 Å². The fourth-order valence-electron chi connectivity index (χ4n) is 3.03. The minimum atomic E-state index is -0.463. The number of nitrogens with zero attached hydrogens (tertiary/aromatic N) is 2. The molecule has 2 N–H and O–H groups in total. The second kappa shape index (κ2) is 9.85. The van der Waals surface area contributed by atoms with Crippen LogP contribution in [-0.2, 0) is 16.0 Å². The molecule has 1 heterocycles. The van der Waals surface area contributed by atoms with Crippen molar-refractivity contribution in [3.8, 4) is 11.4 Å². The lowest BCUT2D eigenvalue weighted by Gasteiger charge is -2.10. The predicted molar refractivity (Wildman–Crippen MR) is 120 cm³/mol. The van der Waals surface area contributed by atoms with Gasteiger partial charge in [-0.25, -0.2) is 4.68 Å². The van der Waals surface area contributed by atoms with E-state index < -0.39 is 5.91 Å². The van der Waals surface area contributed by atoms with E-state index in [0.717, 1.165) is 22.5 Å². The zero-order valence-corrected chi connectivity index (χ0v) is 18.8. The van der Waals surface area contributed by atoms with E-state index in [9.17, 15) is 9.59 Å². The smallest absolute Gasteiger partial charge is 0.276 e. The SMILES string of the molecule is Cc1cccc(OCC(=O)NNC(=O)Cc2c(C)nn(-c3ccc(Cl)c(Cl)c3)c2C)c1. The van der Waals surface area contributed by atoms with Crippen LogP contribution in [0.2, 0.25) is 10.0 Å². The van der Waals surface area contributed by atoms with E-state index in [1.165, 1.54) is 0 Å². The highest BCUT2D eigenvalue weighted by atomic mass is 35.5. The molecule has 0 unspecified atom stereocenters. The monoisotopic (exact) mass is 460 g/mol. The van der Waals surface area contributed by atoms with Crippen molar-refractivity contribution >= 4 is 35.0 Å². The summed E-state index contributed by atoms with van der Waals surface area (Å²) in [7, 11) is 0. The molecule has 7 nitrogen and oxygen atoms in total. The summed E-state index contributed by atoms with van der Waals surface area (Å²) in [4.78, 5) is 24.3. The molecule has 3 rings (SSSR count). The van der Waals surface area contributed by atoms with Gasteiger partial charge in [0.1, 0.15) is 5.75 Å². The minimum absolute atomic E-state index is 0.0536. The fourth-order valence-corrected chi connectivity index (χ4v) is 3.33. The number of hydrogen-bond donors (Lipinski definition) is 2. The summed E-state index contributed by atoms with van der Waals surface area (Å²) in [5.41, 5.74) is 8.78. The molecule has 0 spiro atoms. The van der Waals surface area contributed by atoms with Crippen LogP contribution in [0.15, 0.2) is 42.5 Å². The first-order valence-corrected chi connectivity index (χ1v) is 10.3. The highest BCUT2D eigenvalue weighted by molar-refractivity contribution is 6.42. The molecule has 0 aliphatic carbocycles. The molecule has 2 amide bonds. The predicted octanol–water partition coefficient (Wildman–Crippen LogP) is 3.87. The Kier molecular flexibility index (Phi) is 7.20. The number of nitrogens with one attached hydrogen (secondary N) is 2. The van der Waals surface area contributed by atoms with Crippen LogP contribution in [0.4, 0.5) is 0 Å². The van der Waals surface area contributed by atoms with Crippen LogP contribution < -0.4 is 15.6 Å². The Morgan fingerprint density at radius 3 is 2.45 bits per heavy atom. The third kappa shape index (κ3) is 5.77. The van der Waals surface area contributed by atoms with Gasteiger partial charge in [-0.1, -0.05) is 35.3 Å². The summed E-state index contributed by atoms with van der Waals surface area (Å²) in [5, 5.41) is 5.37. The van der Waals surface area contributed by atoms with E-state index in [2.05, 4.69) is 16.0 Å². The van der Waals surface area contributed by atoms with Crippen LogP contribution >= 0.6 is 23.2 Å². The average molecular weight is 461 g/mol. The molecule has 0 atom stereocenters. The van der Waals surface area contributed by atoms with Crippen molar-refractivity contribution in [2.45, 2.75) is 27.2 Å². The number of carbonyl (C=O) groups is 2. The maximum Gasteiger partial charge on any atom is 0.276 e. The number of aromatic nitrogens is 2. The molecule has 3 aromatic rings. The molecule has 0 radical (unpaired) electrons. The standard InChI is InChI=1S/C22H22Cl2N4O3/c1-13-5-4-6-17(9-13)31-12-22(30)26-25-21(29)11-18-14(2)27-28(15(18)3)16-7-8-19(23)20(24)10-16/h4-10H,11-12H2,1-3H3,(H,25,29)(H,26,30). The van der Waals surface area contributed by atoms with Crippen molar-refractivity contribution in [3.05, 3.63) is 75.0 Å². The molecule has 0 aliphatic heterocycles. The Hall–Kier alpha value is -3.03. The number of hydrazine groups is 1. The van der Waals surface area contributed by atoms with Crippen molar-refractivity contribution in [2.24, 2.45) is 0 Å².